The van der Waals surface area contributed by atoms with E-state index in [0.717, 1.165) is 5.69 Å². The average molecular weight is 750 g/mol. The van der Waals surface area contributed by atoms with E-state index in [9.17, 15) is 0 Å². The number of anilines is 2. The Hall–Kier alpha value is -6.52. The highest BCUT2D eigenvalue weighted by Crippen LogP contribution is 2.44. The molecule has 11 aromatic rings. The van der Waals surface area contributed by atoms with Gasteiger partial charge < -0.3 is 4.90 Å². The van der Waals surface area contributed by atoms with Crippen LogP contribution in [-0.2, 0) is 6.54 Å². The van der Waals surface area contributed by atoms with E-state index in [2.05, 4.69) is 205 Å². The molecule has 0 aliphatic heterocycles. The number of hydrogen-bond donors (Lipinski definition) is 0. The minimum atomic E-state index is 0.689. The van der Waals surface area contributed by atoms with Gasteiger partial charge in [-0.25, -0.2) is 0 Å². The third-order valence-electron chi connectivity index (χ3n) is 11.2. The van der Waals surface area contributed by atoms with Crippen LogP contribution in [0.25, 0.3) is 84.5 Å². The van der Waals surface area contributed by atoms with E-state index in [-0.39, 0.29) is 0 Å². The summed E-state index contributed by atoms with van der Waals surface area (Å²) in [5, 5.41) is 7.78. The van der Waals surface area contributed by atoms with Crippen molar-refractivity contribution in [3.63, 3.8) is 0 Å². The van der Waals surface area contributed by atoms with Gasteiger partial charge in [-0.05, 0) is 92.7 Å². The monoisotopic (exact) mass is 749 g/mol. The molecular weight excluding hydrogens is 715 g/mol. The van der Waals surface area contributed by atoms with Gasteiger partial charge in [0.1, 0.15) is 0 Å². The SMILES string of the molecule is c1cc(-c2ccc3sc4ccccc4c3c2)cc(N(Cc2ccccc2-c2cccc3sc4ccccc4c23)c2ccccc2-c2cccc3ccccc23)c1. The zero-order valence-corrected chi connectivity index (χ0v) is 32.2. The molecule has 0 radical (unpaired) electrons. The number of fused-ring (bicyclic) bond motifs is 7. The summed E-state index contributed by atoms with van der Waals surface area (Å²) in [5.74, 6) is 0. The minimum absolute atomic E-state index is 0.689. The van der Waals surface area contributed by atoms with Crippen molar-refractivity contribution in [2.45, 2.75) is 6.54 Å². The zero-order chi connectivity index (χ0) is 37.0. The van der Waals surface area contributed by atoms with Crippen LogP contribution in [0.15, 0.2) is 200 Å². The molecule has 264 valence electrons. The van der Waals surface area contributed by atoms with Crippen molar-refractivity contribution in [3.05, 3.63) is 206 Å². The summed E-state index contributed by atoms with van der Waals surface area (Å²) in [6, 6.07) is 73.8. The third-order valence-corrected chi connectivity index (χ3v) is 13.5. The Labute approximate surface area is 334 Å². The topological polar surface area (TPSA) is 3.24 Å². The van der Waals surface area contributed by atoms with Crippen LogP contribution in [0.4, 0.5) is 11.4 Å². The molecule has 3 heteroatoms. The van der Waals surface area contributed by atoms with Crippen LogP contribution < -0.4 is 4.90 Å². The van der Waals surface area contributed by atoms with Gasteiger partial charge in [-0.15, -0.1) is 22.7 Å². The summed E-state index contributed by atoms with van der Waals surface area (Å²) in [5.41, 5.74) is 11.0. The minimum Gasteiger partial charge on any atom is -0.336 e. The summed E-state index contributed by atoms with van der Waals surface area (Å²) >= 11 is 3.74. The van der Waals surface area contributed by atoms with Crippen molar-refractivity contribution >= 4 is 85.2 Å². The Kier molecular flexibility index (Phi) is 8.01. The van der Waals surface area contributed by atoms with Crippen LogP contribution in [0.1, 0.15) is 5.56 Å². The summed E-state index contributed by atoms with van der Waals surface area (Å²) < 4.78 is 5.29. The second-order valence-corrected chi connectivity index (χ2v) is 16.6. The summed E-state index contributed by atoms with van der Waals surface area (Å²) in [6.07, 6.45) is 0. The van der Waals surface area contributed by atoms with Gasteiger partial charge in [-0.2, -0.15) is 0 Å². The van der Waals surface area contributed by atoms with Crippen LogP contribution >= 0.6 is 22.7 Å². The molecule has 0 aliphatic carbocycles. The molecule has 0 spiro atoms. The standard InChI is InChI=1S/C53H35NS2/c1-3-19-40-35(14-1)16-12-24-42(40)43-21-5-8-26-48(43)54(39-18-11-17-36(32-39)37-30-31-51-47(33-37)44-22-6-9-27-49(44)55-51)34-38-15-2-4-20-41(38)45-25-13-29-52-53(45)46-23-7-10-28-50(46)56-52/h1-33H,34H2. The molecular formula is C53H35NS2. The number of rotatable bonds is 7. The summed E-state index contributed by atoms with van der Waals surface area (Å²) in [6.45, 7) is 0.689. The van der Waals surface area contributed by atoms with Crippen LogP contribution in [0, 0.1) is 0 Å². The second-order valence-electron chi connectivity index (χ2n) is 14.4. The molecule has 56 heavy (non-hydrogen) atoms. The van der Waals surface area contributed by atoms with Crippen molar-refractivity contribution < 1.29 is 0 Å². The molecule has 0 amide bonds. The van der Waals surface area contributed by atoms with E-state index >= 15 is 0 Å². The highest BCUT2D eigenvalue weighted by molar-refractivity contribution is 7.26. The lowest BCUT2D eigenvalue weighted by molar-refractivity contribution is 0.979. The van der Waals surface area contributed by atoms with E-state index in [1.54, 1.807) is 0 Å². The van der Waals surface area contributed by atoms with Gasteiger partial charge in [-0.1, -0.05) is 152 Å². The lowest BCUT2D eigenvalue weighted by Crippen LogP contribution is -2.18. The van der Waals surface area contributed by atoms with Crippen molar-refractivity contribution in [2.75, 3.05) is 4.90 Å². The van der Waals surface area contributed by atoms with E-state index in [0.29, 0.717) is 6.54 Å². The molecule has 2 aromatic heterocycles. The largest absolute Gasteiger partial charge is 0.336 e. The van der Waals surface area contributed by atoms with Crippen molar-refractivity contribution in [1.82, 2.24) is 0 Å². The molecule has 0 fully saturated rings. The fourth-order valence-electron chi connectivity index (χ4n) is 8.56. The molecule has 1 nitrogen and oxygen atoms in total. The van der Waals surface area contributed by atoms with Crippen LogP contribution in [0.3, 0.4) is 0 Å². The molecule has 11 rings (SSSR count). The predicted octanol–water partition coefficient (Wildman–Crippen LogP) is 15.9. The fraction of sp³-hybridized carbons (Fsp3) is 0.0189. The van der Waals surface area contributed by atoms with Crippen molar-refractivity contribution in [1.29, 1.82) is 0 Å². The van der Waals surface area contributed by atoms with Crippen LogP contribution in [0.5, 0.6) is 0 Å². The van der Waals surface area contributed by atoms with Gasteiger partial charge in [-0.3, -0.25) is 0 Å². The van der Waals surface area contributed by atoms with E-state index in [4.69, 9.17) is 0 Å². The Balaban J connectivity index is 1.10. The quantitative estimate of drug-likeness (QED) is 0.157. The first kappa shape index (κ1) is 32.9. The van der Waals surface area contributed by atoms with Gasteiger partial charge in [0.15, 0.2) is 0 Å². The van der Waals surface area contributed by atoms with Crippen molar-refractivity contribution in [3.8, 4) is 33.4 Å². The van der Waals surface area contributed by atoms with Crippen LogP contribution in [-0.4, -0.2) is 0 Å². The predicted molar refractivity (Wildman–Crippen MR) is 245 cm³/mol. The molecule has 0 saturated carbocycles. The van der Waals surface area contributed by atoms with Gasteiger partial charge in [0.2, 0.25) is 0 Å². The summed E-state index contributed by atoms with van der Waals surface area (Å²) in [7, 11) is 0. The smallest absolute Gasteiger partial charge is 0.0493 e. The van der Waals surface area contributed by atoms with Gasteiger partial charge in [0, 0.05) is 63.8 Å². The fourth-order valence-corrected chi connectivity index (χ4v) is 10.8. The lowest BCUT2D eigenvalue weighted by Gasteiger charge is -2.29. The molecule has 0 bridgehead atoms. The first-order valence-corrected chi connectivity index (χ1v) is 20.8. The van der Waals surface area contributed by atoms with Gasteiger partial charge in [0.25, 0.3) is 0 Å². The molecule has 0 aliphatic rings. The highest BCUT2D eigenvalue weighted by atomic mass is 32.1. The molecule has 9 aromatic carbocycles. The molecule has 2 heterocycles. The molecule has 0 atom stereocenters. The van der Waals surface area contributed by atoms with Gasteiger partial charge in [0.05, 0.1) is 0 Å². The average Bonchev–Trinajstić information content (AvgIpc) is 3.84. The highest BCUT2D eigenvalue weighted by Gasteiger charge is 2.20. The molecule has 0 unspecified atom stereocenters. The maximum absolute atomic E-state index is 2.53. The number of para-hydroxylation sites is 1. The van der Waals surface area contributed by atoms with Crippen LogP contribution in [0.2, 0.25) is 0 Å². The first-order chi connectivity index (χ1) is 27.8. The number of hydrogen-bond acceptors (Lipinski definition) is 3. The van der Waals surface area contributed by atoms with Gasteiger partial charge >= 0.3 is 0 Å². The molecule has 0 N–H and O–H groups in total. The maximum atomic E-state index is 2.53. The van der Waals surface area contributed by atoms with E-state index in [1.807, 2.05) is 22.7 Å². The number of nitrogens with zero attached hydrogens (tertiary/aromatic N) is 1. The Morgan fingerprint density at radius 1 is 0.357 bits per heavy atom. The second kappa shape index (κ2) is 13.6. The van der Waals surface area contributed by atoms with E-state index in [1.165, 1.54) is 95.7 Å². The molecule has 0 saturated heterocycles. The third kappa shape index (κ3) is 5.59. The Morgan fingerprint density at radius 2 is 0.946 bits per heavy atom. The van der Waals surface area contributed by atoms with E-state index < -0.39 is 0 Å². The lowest BCUT2D eigenvalue weighted by atomic mass is 9.93. The summed E-state index contributed by atoms with van der Waals surface area (Å²) in [4.78, 5) is 2.53. The maximum Gasteiger partial charge on any atom is 0.0493 e. The Bertz CT molecular complexity index is 3250. The number of thiophene rings is 2. The number of benzene rings is 9. The Morgan fingerprint density at radius 3 is 1.86 bits per heavy atom. The first-order valence-electron chi connectivity index (χ1n) is 19.1. The van der Waals surface area contributed by atoms with Crippen molar-refractivity contribution in [2.24, 2.45) is 0 Å². The normalized spacial score (nSPS) is 11.6. The zero-order valence-electron chi connectivity index (χ0n) is 30.5.